The molecule has 0 aliphatic carbocycles. The number of aryl methyl sites for hydroxylation is 1. The van der Waals surface area contributed by atoms with E-state index < -0.39 is 12.0 Å². The van der Waals surface area contributed by atoms with Crippen LogP contribution in [-0.4, -0.2) is 48.0 Å². The lowest BCUT2D eigenvalue weighted by Gasteiger charge is -2.13. The van der Waals surface area contributed by atoms with Gasteiger partial charge in [-0.15, -0.1) is 0 Å². The van der Waals surface area contributed by atoms with Gasteiger partial charge in [-0.25, -0.2) is 15.0 Å². The Morgan fingerprint density at radius 2 is 2.14 bits per heavy atom. The Morgan fingerprint density at radius 3 is 2.86 bits per heavy atom. The number of carbonyl (C=O) groups excluding carboxylic acids is 1. The molecule has 0 aromatic carbocycles. The third-order valence-electron chi connectivity index (χ3n) is 4.51. The molecular weight excluding hydrogens is 370 g/mol. The number of nitrogen functional groups attached to an aromatic ring is 1. The second kappa shape index (κ2) is 7.36. The van der Waals surface area contributed by atoms with Crippen molar-refractivity contribution >= 4 is 17.4 Å². The molecule has 4 aromatic heterocycles. The van der Waals surface area contributed by atoms with Gasteiger partial charge in [0.15, 0.2) is 11.5 Å². The second-order valence-electron chi connectivity index (χ2n) is 6.84. The van der Waals surface area contributed by atoms with E-state index >= 15 is 0 Å². The molecule has 4 aromatic rings. The lowest BCUT2D eigenvalue weighted by Crippen LogP contribution is -2.32. The van der Waals surface area contributed by atoms with E-state index in [0.29, 0.717) is 11.4 Å². The fraction of sp³-hybridized carbons (Fsp3) is 0.200. The van der Waals surface area contributed by atoms with Gasteiger partial charge < -0.3 is 25.5 Å². The first-order chi connectivity index (χ1) is 13.9. The summed E-state index contributed by atoms with van der Waals surface area (Å²) in [6.07, 6.45) is 4.79. The molecular formula is C20H21N7O2. The SMILES string of the molecule is Cc1cnc2ccc(-c3nc(C(=O)NC[C@@H](C)O)c(N)nc3-c3ccc[nH]3)cn12. The lowest BCUT2D eigenvalue weighted by molar-refractivity contribution is 0.0920. The van der Waals surface area contributed by atoms with E-state index in [4.69, 9.17) is 5.73 Å². The zero-order valence-corrected chi connectivity index (χ0v) is 16.0. The first-order valence-electron chi connectivity index (χ1n) is 9.15. The van der Waals surface area contributed by atoms with Crippen LogP contribution in [-0.2, 0) is 0 Å². The third kappa shape index (κ3) is 3.55. The summed E-state index contributed by atoms with van der Waals surface area (Å²) in [5, 5.41) is 12.0. The smallest absolute Gasteiger partial charge is 0.273 e. The number of rotatable bonds is 5. The number of nitrogens with zero attached hydrogens (tertiary/aromatic N) is 4. The van der Waals surface area contributed by atoms with Crippen LogP contribution in [0.3, 0.4) is 0 Å². The van der Waals surface area contributed by atoms with Crippen molar-refractivity contribution in [3.63, 3.8) is 0 Å². The highest BCUT2D eigenvalue weighted by molar-refractivity contribution is 5.97. The minimum Gasteiger partial charge on any atom is -0.392 e. The highest BCUT2D eigenvalue weighted by Crippen LogP contribution is 2.30. The maximum absolute atomic E-state index is 12.5. The summed E-state index contributed by atoms with van der Waals surface area (Å²) in [5.74, 6) is -0.476. The standard InChI is InChI=1S/C20H21N7O2/c1-11-8-23-15-6-5-13(10-27(11)15)16-17(14-4-3-7-22-14)26-19(21)18(25-16)20(29)24-9-12(2)28/h3-8,10,12,22,28H,9H2,1-2H3,(H2,21,26)(H,24,29)/t12-/m1/s1. The molecule has 0 bridgehead atoms. The number of aliphatic hydroxyl groups excluding tert-OH is 1. The number of aromatic nitrogens is 5. The van der Waals surface area contributed by atoms with Crippen molar-refractivity contribution in [2.24, 2.45) is 0 Å². The van der Waals surface area contributed by atoms with E-state index in [1.54, 1.807) is 19.3 Å². The van der Waals surface area contributed by atoms with E-state index in [-0.39, 0.29) is 18.1 Å². The van der Waals surface area contributed by atoms with Gasteiger partial charge in [0.2, 0.25) is 0 Å². The van der Waals surface area contributed by atoms with Gasteiger partial charge in [-0.05, 0) is 38.1 Å². The molecule has 0 saturated carbocycles. The molecule has 1 atom stereocenters. The maximum Gasteiger partial charge on any atom is 0.273 e. The summed E-state index contributed by atoms with van der Waals surface area (Å²) in [6, 6.07) is 7.47. The lowest BCUT2D eigenvalue weighted by atomic mass is 10.1. The molecule has 0 spiro atoms. The van der Waals surface area contributed by atoms with E-state index in [1.165, 1.54) is 0 Å². The van der Waals surface area contributed by atoms with Crippen LogP contribution in [0.1, 0.15) is 23.1 Å². The number of amides is 1. The van der Waals surface area contributed by atoms with Crippen molar-refractivity contribution in [3.05, 3.63) is 54.2 Å². The Bertz CT molecular complexity index is 1180. The second-order valence-corrected chi connectivity index (χ2v) is 6.84. The molecule has 0 aliphatic heterocycles. The van der Waals surface area contributed by atoms with Crippen LogP contribution in [0.25, 0.3) is 28.3 Å². The fourth-order valence-corrected chi connectivity index (χ4v) is 3.05. The van der Waals surface area contributed by atoms with E-state index in [2.05, 4.69) is 25.3 Å². The summed E-state index contributed by atoms with van der Waals surface area (Å²) in [4.78, 5) is 29.0. The summed E-state index contributed by atoms with van der Waals surface area (Å²) in [5.41, 5.74) is 10.4. The summed E-state index contributed by atoms with van der Waals surface area (Å²) < 4.78 is 1.94. The Morgan fingerprint density at radius 1 is 1.31 bits per heavy atom. The fourth-order valence-electron chi connectivity index (χ4n) is 3.05. The number of nitrogens with two attached hydrogens (primary N) is 1. The van der Waals surface area contributed by atoms with Crippen LogP contribution in [0.4, 0.5) is 5.82 Å². The Balaban J connectivity index is 1.87. The summed E-state index contributed by atoms with van der Waals surface area (Å²) in [7, 11) is 0. The minimum atomic E-state index is -0.683. The summed E-state index contributed by atoms with van der Waals surface area (Å²) in [6.45, 7) is 3.63. The first kappa shape index (κ1) is 18.6. The molecule has 4 heterocycles. The average molecular weight is 391 g/mol. The van der Waals surface area contributed by atoms with Gasteiger partial charge >= 0.3 is 0 Å². The number of H-pyrrole nitrogens is 1. The molecule has 0 fully saturated rings. The number of aliphatic hydroxyl groups is 1. The molecule has 5 N–H and O–H groups in total. The summed E-state index contributed by atoms with van der Waals surface area (Å²) >= 11 is 0. The third-order valence-corrected chi connectivity index (χ3v) is 4.51. The van der Waals surface area contributed by atoms with Crippen molar-refractivity contribution in [1.82, 2.24) is 29.7 Å². The van der Waals surface area contributed by atoms with Crippen molar-refractivity contribution in [3.8, 4) is 22.6 Å². The number of imidazole rings is 1. The normalized spacial score (nSPS) is 12.2. The molecule has 4 rings (SSSR count). The van der Waals surface area contributed by atoms with Crippen LogP contribution in [0, 0.1) is 6.92 Å². The Hall–Kier alpha value is -3.72. The van der Waals surface area contributed by atoms with Gasteiger partial charge in [-0.2, -0.15) is 0 Å². The molecule has 9 heteroatoms. The van der Waals surface area contributed by atoms with Crippen LogP contribution in [0.2, 0.25) is 0 Å². The maximum atomic E-state index is 12.5. The molecule has 9 nitrogen and oxygen atoms in total. The first-order valence-corrected chi connectivity index (χ1v) is 9.15. The molecule has 0 unspecified atom stereocenters. The monoisotopic (exact) mass is 391 g/mol. The number of hydrogen-bond acceptors (Lipinski definition) is 6. The Kier molecular flexibility index (Phi) is 4.73. The number of aromatic amines is 1. The van der Waals surface area contributed by atoms with Crippen LogP contribution >= 0.6 is 0 Å². The highest BCUT2D eigenvalue weighted by atomic mass is 16.3. The predicted molar refractivity (Wildman–Crippen MR) is 109 cm³/mol. The van der Waals surface area contributed by atoms with Crippen molar-refractivity contribution < 1.29 is 9.90 Å². The van der Waals surface area contributed by atoms with Crippen LogP contribution in [0.15, 0.2) is 42.9 Å². The van der Waals surface area contributed by atoms with Crippen molar-refractivity contribution in [2.75, 3.05) is 12.3 Å². The Labute approximate surface area is 166 Å². The molecule has 0 saturated heterocycles. The van der Waals surface area contributed by atoms with Crippen molar-refractivity contribution in [1.29, 1.82) is 0 Å². The largest absolute Gasteiger partial charge is 0.392 e. The molecule has 0 aliphatic rings. The van der Waals surface area contributed by atoms with E-state index in [0.717, 1.165) is 22.6 Å². The van der Waals surface area contributed by atoms with Gasteiger partial charge in [-0.3, -0.25) is 4.79 Å². The van der Waals surface area contributed by atoms with Gasteiger partial charge in [0.1, 0.15) is 17.0 Å². The molecule has 0 radical (unpaired) electrons. The van der Waals surface area contributed by atoms with Gasteiger partial charge in [-0.1, -0.05) is 0 Å². The molecule has 29 heavy (non-hydrogen) atoms. The number of fused-ring (bicyclic) bond motifs is 1. The van der Waals surface area contributed by atoms with Crippen LogP contribution < -0.4 is 11.1 Å². The number of pyridine rings is 1. The van der Waals surface area contributed by atoms with E-state index in [1.807, 2.05) is 41.8 Å². The zero-order valence-electron chi connectivity index (χ0n) is 16.0. The molecule has 148 valence electrons. The number of nitrogens with one attached hydrogen (secondary N) is 2. The van der Waals surface area contributed by atoms with Crippen molar-refractivity contribution in [2.45, 2.75) is 20.0 Å². The predicted octanol–water partition coefficient (Wildman–Crippen LogP) is 1.79. The quantitative estimate of drug-likeness (QED) is 0.410. The van der Waals surface area contributed by atoms with Crippen LogP contribution in [0.5, 0.6) is 0 Å². The van der Waals surface area contributed by atoms with Gasteiger partial charge in [0.05, 0.1) is 11.8 Å². The average Bonchev–Trinajstić information content (AvgIpc) is 3.36. The minimum absolute atomic E-state index is 0.0124. The number of carbonyl (C=O) groups is 1. The molecule has 1 amide bonds. The highest BCUT2D eigenvalue weighted by Gasteiger charge is 2.21. The van der Waals surface area contributed by atoms with Gasteiger partial charge in [0, 0.05) is 36.4 Å². The number of anilines is 1. The number of hydrogen-bond donors (Lipinski definition) is 4. The zero-order chi connectivity index (χ0) is 20.5. The van der Waals surface area contributed by atoms with Gasteiger partial charge in [0.25, 0.3) is 5.91 Å². The topological polar surface area (TPSA) is 134 Å². The van der Waals surface area contributed by atoms with E-state index in [9.17, 15) is 9.90 Å².